The third-order valence-corrected chi connectivity index (χ3v) is 6.56. The Morgan fingerprint density at radius 1 is 0.800 bits per heavy atom. The molecule has 0 fully saturated rings. The van der Waals surface area contributed by atoms with E-state index in [9.17, 15) is 45.8 Å². The number of rotatable bonds is 4. The van der Waals surface area contributed by atoms with E-state index in [1.54, 1.807) is 0 Å². The van der Waals surface area contributed by atoms with Crippen LogP contribution in [0.1, 0.15) is 11.1 Å². The van der Waals surface area contributed by atoms with Gasteiger partial charge in [0.2, 0.25) is 5.76 Å². The van der Waals surface area contributed by atoms with E-state index in [0.717, 1.165) is 24.5 Å². The lowest BCUT2D eigenvalue weighted by Crippen LogP contribution is -2.36. The van der Waals surface area contributed by atoms with E-state index in [4.69, 9.17) is 9.47 Å². The molecule has 2 aromatic heterocycles. The third-order valence-electron chi connectivity index (χ3n) is 5.14. The monoisotopic (exact) mass is 702 g/mol. The first kappa shape index (κ1) is 31.0. The summed E-state index contributed by atoms with van der Waals surface area (Å²) in [6.45, 7) is 0. The zero-order valence-electron chi connectivity index (χ0n) is 19.8. The van der Waals surface area contributed by atoms with E-state index >= 15 is 0 Å². The number of aliphatic hydroxyl groups is 1. The molecule has 4 rings (SSSR count). The summed E-state index contributed by atoms with van der Waals surface area (Å²) in [5, 5.41) is 9.91. The molecule has 2 aliphatic heterocycles. The van der Waals surface area contributed by atoms with Crippen LogP contribution in [0.5, 0.6) is 0 Å². The minimum atomic E-state index is -4.60. The number of nitrogens with zero attached hydrogens (tertiary/aromatic N) is 4. The summed E-state index contributed by atoms with van der Waals surface area (Å²) >= 11 is 5.78. The standard InChI is InChI=1S/C11H8BrF3N2O3.C11H6BrF3N2O3/c2*1-20-8-7(12)9(18)17(10(8)19)6-4-5(2-3-16-6)11(13,14)15/h2-4,10,19H,1H3;2-4H,1H3. The summed E-state index contributed by atoms with van der Waals surface area (Å²) in [4.78, 5) is 44.2. The predicted molar refractivity (Wildman–Crippen MR) is 130 cm³/mol. The van der Waals surface area contributed by atoms with Crippen LogP contribution < -0.4 is 9.80 Å². The molecule has 1 unspecified atom stereocenters. The summed E-state index contributed by atoms with van der Waals surface area (Å²) in [7, 11) is 2.40. The molecule has 0 radical (unpaired) electrons. The number of aliphatic hydroxyl groups excluding tert-OH is 1. The van der Waals surface area contributed by atoms with Crippen LogP contribution in [0.25, 0.3) is 0 Å². The largest absolute Gasteiger partial charge is 0.495 e. The zero-order valence-corrected chi connectivity index (χ0v) is 23.0. The van der Waals surface area contributed by atoms with Crippen LogP contribution >= 0.6 is 31.9 Å². The normalized spacial score (nSPS) is 18.0. The van der Waals surface area contributed by atoms with Gasteiger partial charge >= 0.3 is 18.3 Å². The van der Waals surface area contributed by atoms with Gasteiger partial charge in [-0.05, 0) is 56.1 Å². The minimum absolute atomic E-state index is 0.0632. The molecular formula is C22H14Br2F6N4O6. The molecule has 2 aliphatic rings. The van der Waals surface area contributed by atoms with Gasteiger partial charge in [0.25, 0.3) is 11.8 Å². The number of hydrogen-bond acceptors (Lipinski definition) is 8. The van der Waals surface area contributed by atoms with Gasteiger partial charge in [0.1, 0.15) is 20.6 Å². The highest BCUT2D eigenvalue weighted by molar-refractivity contribution is 9.12. The smallest absolute Gasteiger partial charge is 0.416 e. The Hall–Kier alpha value is -3.51. The zero-order chi connectivity index (χ0) is 30.2. The number of methoxy groups -OCH3 is 2. The summed E-state index contributed by atoms with van der Waals surface area (Å²) in [6.07, 6.45) is -8.91. The van der Waals surface area contributed by atoms with Gasteiger partial charge in [0.05, 0.1) is 25.3 Å². The summed E-state index contributed by atoms with van der Waals surface area (Å²) in [5.74, 6) is -3.56. The van der Waals surface area contributed by atoms with Crippen molar-refractivity contribution >= 4 is 61.2 Å². The van der Waals surface area contributed by atoms with Crippen LogP contribution in [0.4, 0.5) is 38.0 Å². The van der Waals surface area contributed by atoms with E-state index in [-0.39, 0.29) is 26.3 Å². The fraction of sp³-hybridized carbons (Fsp3) is 0.227. The molecule has 10 nitrogen and oxygen atoms in total. The van der Waals surface area contributed by atoms with Gasteiger partial charge in [-0.2, -0.15) is 26.3 Å². The highest BCUT2D eigenvalue weighted by Gasteiger charge is 2.42. The van der Waals surface area contributed by atoms with Crippen LogP contribution in [0.3, 0.4) is 0 Å². The molecule has 0 aromatic carbocycles. The molecule has 1 atom stereocenters. The SMILES string of the molecule is COC1=C(Br)C(=O)N(c2cc(C(F)(F)F)ccn2)C1=O.COC1=C(Br)C(=O)N(c2cc(C(F)(F)F)ccn2)C1O. The Bertz CT molecular complexity index is 1430. The highest BCUT2D eigenvalue weighted by atomic mass is 79.9. The fourth-order valence-corrected chi connectivity index (χ4v) is 4.36. The Balaban J connectivity index is 0.000000220. The maximum Gasteiger partial charge on any atom is 0.416 e. The lowest BCUT2D eigenvalue weighted by atomic mass is 10.2. The van der Waals surface area contributed by atoms with Crippen molar-refractivity contribution in [3.63, 3.8) is 0 Å². The summed E-state index contributed by atoms with van der Waals surface area (Å²) in [6, 6.07) is 2.82. The quantitative estimate of drug-likeness (QED) is 0.371. The van der Waals surface area contributed by atoms with E-state index in [1.165, 1.54) is 14.2 Å². The molecule has 0 aliphatic carbocycles. The highest BCUT2D eigenvalue weighted by Crippen LogP contribution is 2.36. The van der Waals surface area contributed by atoms with Gasteiger partial charge in [-0.1, -0.05) is 0 Å². The lowest BCUT2D eigenvalue weighted by molar-refractivity contribution is -0.138. The average Bonchev–Trinajstić information content (AvgIpc) is 3.24. The van der Waals surface area contributed by atoms with Crippen LogP contribution in [-0.2, 0) is 36.2 Å². The van der Waals surface area contributed by atoms with E-state index in [0.29, 0.717) is 21.9 Å². The number of anilines is 2. The average molecular weight is 704 g/mol. The molecule has 214 valence electrons. The second kappa shape index (κ2) is 11.5. The first-order valence-corrected chi connectivity index (χ1v) is 12.0. The first-order chi connectivity index (χ1) is 18.5. The minimum Gasteiger partial charge on any atom is -0.495 e. The predicted octanol–water partition coefficient (Wildman–Crippen LogP) is 4.24. The molecule has 0 saturated carbocycles. The van der Waals surface area contributed by atoms with E-state index < -0.39 is 53.2 Å². The van der Waals surface area contributed by atoms with Gasteiger partial charge in [-0.15, -0.1) is 0 Å². The number of hydrogen-bond donors (Lipinski definition) is 1. The Morgan fingerprint density at radius 2 is 1.30 bits per heavy atom. The number of carbonyl (C=O) groups excluding carboxylic acids is 3. The Morgan fingerprint density at radius 3 is 1.73 bits per heavy atom. The van der Waals surface area contributed by atoms with Gasteiger partial charge in [0, 0.05) is 12.4 Å². The van der Waals surface area contributed by atoms with Gasteiger partial charge < -0.3 is 14.6 Å². The Kier molecular flexibility index (Phi) is 8.95. The number of ether oxygens (including phenoxy) is 2. The first-order valence-electron chi connectivity index (χ1n) is 10.4. The van der Waals surface area contributed by atoms with Gasteiger partial charge in [0.15, 0.2) is 12.0 Å². The maximum absolute atomic E-state index is 12.6. The molecule has 2 aromatic rings. The summed E-state index contributed by atoms with van der Waals surface area (Å²) < 4.78 is 85.0. The van der Waals surface area contributed by atoms with Crippen molar-refractivity contribution < 1.29 is 55.3 Å². The molecule has 40 heavy (non-hydrogen) atoms. The number of pyridine rings is 2. The van der Waals surface area contributed by atoms with Crippen LogP contribution in [0.15, 0.2) is 57.1 Å². The number of aromatic nitrogens is 2. The van der Waals surface area contributed by atoms with Gasteiger partial charge in [-0.3, -0.25) is 19.3 Å². The van der Waals surface area contributed by atoms with Crippen molar-refractivity contribution in [2.75, 3.05) is 24.0 Å². The molecule has 1 N–H and O–H groups in total. The van der Waals surface area contributed by atoms with Crippen molar-refractivity contribution in [3.05, 3.63) is 68.3 Å². The Labute approximate surface area is 237 Å². The van der Waals surface area contributed by atoms with Crippen LogP contribution in [0, 0.1) is 0 Å². The lowest BCUT2D eigenvalue weighted by Gasteiger charge is -2.21. The van der Waals surface area contributed by atoms with E-state index in [2.05, 4.69) is 41.8 Å². The van der Waals surface area contributed by atoms with Crippen LogP contribution in [-0.4, -0.2) is 53.2 Å². The van der Waals surface area contributed by atoms with Crippen molar-refractivity contribution in [2.45, 2.75) is 18.6 Å². The number of halogens is 8. The number of amides is 3. The van der Waals surface area contributed by atoms with Crippen molar-refractivity contribution in [1.82, 2.24) is 9.97 Å². The van der Waals surface area contributed by atoms with E-state index in [1.807, 2.05) is 0 Å². The van der Waals surface area contributed by atoms with Crippen LogP contribution in [0.2, 0.25) is 0 Å². The molecule has 3 amide bonds. The molecule has 0 spiro atoms. The molecule has 0 saturated heterocycles. The van der Waals surface area contributed by atoms with Crippen molar-refractivity contribution in [1.29, 1.82) is 0 Å². The maximum atomic E-state index is 12.6. The van der Waals surface area contributed by atoms with Crippen molar-refractivity contribution in [2.24, 2.45) is 0 Å². The third kappa shape index (κ3) is 5.97. The molecule has 18 heteroatoms. The summed E-state index contributed by atoms with van der Waals surface area (Å²) in [5.41, 5.74) is -1.98. The fourth-order valence-electron chi connectivity index (χ4n) is 3.29. The number of carbonyl (C=O) groups is 3. The second-order valence-corrected chi connectivity index (χ2v) is 9.11. The molecule has 4 heterocycles. The molecular weight excluding hydrogens is 690 g/mol. The second-order valence-electron chi connectivity index (χ2n) is 7.53. The van der Waals surface area contributed by atoms with Crippen molar-refractivity contribution in [3.8, 4) is 0 Å². The van der Waals surface area contributed by atoms with Gasteiger partial charge in [-0.25, -0.2) is 14.9 Å². The number of imide groups is 1. The molecule has 0 bridgehead atoms. The number of alkyl halides is 6. The topological polar surface area (TPSA) is 122 Å².